The number of amides is 4. The number of anilines is 1. The molecule has 2 aromatic rings. The van der Waals surface area contributed by atoms with E-state index in [1.165, 1.54) is 11.1 Å². The Kier molecular flexibility index (Phi) is 5.00. The van der Waals surface area contributed by atoms with E-state index in [0.29, 0.717) is 30.4 Å². The highest BCUT2D eigenvalue weighted by Gasteiger charge is 2.49. The number of nitrogens with zero attached hydrogens (tertiary/aromatic N) is 1. The van der Waals surface area contributed by atoms with Gasteiger partial charge in [0.15, 0.2) is 11.5 Å². The molecule has 2 heterocycles. The van der Waals surface area contributed by atoms with Crippen molar-refractivity contribution in [3.05, 3.63) is 53.1 Å². The van der Waals surface area contributed by atoms with Crippen LogP contribution in [0.5, 0.6) is 11.5 Å². The molecule has 2 N–H and O–H groups in total. The molecule has 8 heteroatoms. The maximum absolute atomic E-state index is 13.2. The van der Waals surface area contributed by atoms with E-state index in [1.807, 2.05) is 18.2 Å². The molecule has 5 rings (SSSR count). The molecule has 1 fully saturated rings. The van der Waals surface area contributed by atoms with Crippen molar-refractivity contribution in [2.75, 3.05) is 25.1 Å². The summed E-state index contributed by atoms with van der Waals surface area (Å²) in [4.78, 5) is 39.4. The summed E-state index contributed by atoms with van der Waals surface area (Å²) in [7, 11) is 0. The number of carbonyl (C=O) groups is 3. The summed E-state index contributed by atoms with van der Waals surface area (Å²) < 4.78 is 11.2. The SMILES string of the molecule is C[C@@]1(c2ccc3c(c2)CCC3)NC(=O)N(CC(=O)Nc2ccc3c(c2)OCCCO3)C1=O. The molecule has 166 valence electrons. The molecular formula is C24H25N3O5. The number of rotatable bonds is 4. The van der Waals surface area contributed by atoms with Gasteiger partial charge in [-0.25, -0.2) is 4.79 Å². The second-order valence-corrected chi connectivity index (χ2v) is 8.54. The van der Waals surface area contributed by atoms with Gasteiger partial charge in [0, 0.05) is 18.2 Å². The van der Waals surface area contributed by atoms with E-state index in [9.17, 15) is 14.4 Å². The first-order valence-corrected chi connectivity index (χ1v) is 10.9. The fourth-order valence-electron chi connectivity index (χ4n) is 4.50. The van der Waals surface area contributed by atoms with Gasteiger partial charge in [-0.3, -0.25) is 14.5 Å². The molecule has 8 nitrogen and oxygen atoms in total. The highest BCUT2D eigenvalue weighted by Crippen LogP contribution is 2.34. The summed E-state index contributed by atoms with van der Waals surface area (Å²) in [6, 6.07) is 10.5. The second kappa shape index (κ2) is 7.85. The number of nitrogens with one attached hydrogen (secondary N) is 2. The number of aryl methyl sites for hydroxylation is 2. The van der Waals surface area contributed by atoms with Crippen LogP contribution in [0.1, 0.15) is 36.5 Å². The van der Waals surface area contributed by atoms with E-state index in [4.69, 9.17) is 9.47 Å². The van der Waals surface area contributed by atoms with Crippen LogP contribution in [0.25, 0.3) is 0 Å². The van der Waals surface area contributed by atoms with Crippen molar-refractivity contribution in [1.82, 2.24) is 10.2 Å². The third-order valence-corrected chi connectivity index (χ3v) is 6.28. The van der Waals surface area contributed by atoms with Gasteiger partial charge in [-0.2, -0.15) is 0 Å². The standard InChI is InChI=1S/C24H25N3O5/c1-24(17-7-6-15-4-2-5-16(15)12-17)22(29)27(23(30)26-24)14-21(28)25-18-8-9-19-20(13-18)32-11-3-10-31-19/h6-9,12-13H,2-5,10-11,14H2,1H3,(H,25,28)(H,26,30)/t24-/m0/s1. The van der Waals surface area contributed by atoms with Crippen molar-refractivity contribution in [3.63, 3.8) is 0 Å². The Morgan fingerprint density at radius 1 is 1.03 bits per heavy atom. The summed E-state index contributed by atoms with van der Waals surface area (Å²) in [5.41, 5.74) is 2.57. The average molecular weight is 435 g/mol. The van der Waals surface area contributed by atoms with E-state index in [0.717, 1.165) is 36.1 Å². The van der Waals surface area contributed by atoms with Crippen molar-refractivity contribution in [3.8, 4) is 11.5 Å². The summed E-state index contributed by atoms with van der Waals surface area (Å²) in [6.45, 7) is 2.42. The van der Waals surface area contributed by atoms with Gasteiger partial charge in [0.1, 0.15) is 12.1 Å². The maximum Gasteiger partial charge on any atom is 0.325 e. The van der Waals surface area contributed by atoms with Gasteiger partial charge >= 0.3 is 6.03 Å². The van der Waals surface area contributed by atoms with Gasteiger partial charge in [-0.1, -0.05) is 18.2 Å². The first-order chi connectivity index (χ1) is 15.4. The van der Waals surface area contributed by atoms with Gasteiger partial charge in [0.2, 0.25) is 5.91 Å². The highest BCUT2D eigenvalue weighted by molar-refractivity contribution is 6.10. The highest BCUT2D eigenvalue weighted by atomic mass is 16.5. The van der Waals surface area contributed by atoms with Gasteiger partial charge < -0.3 is 20.1 Å². The van der Waals surface area contributed by atoms with Crippen LogP contribution in [0, 0.1) is 0 Å². The van der Waals surface area contributed by atoms with Crippen molar-refractivity contribution in [2.24, 2.45) is 0 Å². The van der Waals surface area contributed by atoms with E-state index >= 15 is 0 Å². The van der Waals surface area contributed by atoms with Crippen LogP contribution >= 0.6 is 0 Å². The van der Waals surface area contributed by atoms with Crippen LogP contribution in [-0.2, 0) is 28.0 Å². The Labute approximate surface area is 185 Å². The van der Waals surface area contributed by atoms with Gasteiger partial charge in [0.05, 0.1) is 13.2 Å². The van der Waals surface area contributed by atoms with Crippen molar-refractivity contribution < 1.29 is 23.9 Å². The number of fused-ring (bicyclic) bond motifs is 2. The third kappa shape index (κ3) is 3.55. The van der Waals surface area contributed by atoms with Crippen LogP contribution in [0.2, 0.25) is 0 Å². The monoisotopic (exact) mass is 435 g/mol. The zero-order chi connectivity index (χ0) is 22.3. The molecule has 0 saturated carbocycles. The number of benzene rings is 2. The van der Waals surface area contributed by atoms with Gasteiger partial charge in [-0.05, 0) is 55.0 Å². The number of imide groups is 1. The number of urea groups is 1. The molecule has 0 spiro atoms. The second-order valence-electron chi connectivity index (χ2n) is 8.54. The van der Waals surface area contributed by atoms with E-state index in [1.54, 1.807) is 25.1 Å². The van der Waals surface area contributed by atoms with E-state index in [-0.39, 0.29) is 6.54 Å². The predicted molar refractivity (Wildman–Crippen MR) is 117 cm³/mol. The molecule has 2 aromatic carbocycles. The maximum atomic E-state index is 13.2. The minimum absolute atomic E-state index is 0.375. The summed E-state index contributed by atoms with van der Waals surface area (Å²) in [5, 5.41) is 5.51. The van der Waals surface area contributed by atoms with Gasteiger partial charge in [0.25, 0.3) is 5.91 Å². The number of carbonyl (C=O) groups excluding carboxylic acids is 3. The normalized spacial score (nSPS) is 21.7. The average Bonchev–Trinajstić information content (AvgIpc) is 3.23. The lowest BCUT2D eigenvalue weighted by Gasteiger charge is -2.23. The van der Waals surface area contributed by atoms with Crippen molar-refractivity contribution in [2.45, 2.75) is 38.1 Å². The van der Waals surface area contributed by atoms with E-state index in [2.05, 4.69) is 10.6 Å². The Morgan fingerprint density at radius 3 is 2.66 bits per heavy atom. The van der Waals surface area contributed by atoms with E-state index < -0.39 is 23.4 Å². The topological polar surface area (TPSA) is 97.0 Å². The Morgan fingerprint density at radius 2 is 1.81 bits per heavy atom. The van der Waals surface area contributed by atoms with Crippen molar-refractivity contribution >= 4 is 23.5 Å². The lowest BCUT2D eigenvalue weighted by atomic mass is 9.89. The zero-order valence-corrected chi connectivity index (χ0v) is 17.9. The molecule has 1 saturated heterocycles. The number of hydrogen-bond donors (Lipinski definition) is 2. The molecular weight excluding hydrogens is 410 g/mol. The largest absolute Gasteiger partial charge is 0.490 e. The quantitative estimate of drug-likeness (QED) is 0.720. The van der Waals surface area contributed by atoms with Crippen LogP contribution in [-0.4, -0.2) is 42.5 Å². The third-order valence-electron chi connectivity index (χ3n) is 6.28. The molecule has 1 aliphatic carbocycles. The molecule has 4 amide bonds. The van der Waals surface area contributed by atoms with Crippen LogP contribution in [0.4, 0.5) is 10.5 Å². The first-order valence-electron chi connectivity index (χ1n) is 10.9. The molecule has 2 aliphatic heterocycles. The fraction of sp³-hybridized carbons (Fsp3) is 0.375. The van der Waals surface area contributed by atoms with Crippen LogP contribution < -0.4 is 20.1 Å². The Balaban J connectivity index is 1.29. The molecule has 1 atom stereocenters. The molecule has 0 aromatic heterocycles. The first kappa shape index (κ1) is 20.4. The molecule has 3 aliphatic rings. The van der Waals surface area contributed by atoms with Gasteiger partial charge in [-0.15, -0.1) is 0 Å². The molecule has 0 bridgehead atoms. The summed E-state index contributed by atoms with van der Waals surface area (Å²) in [6.07, 6.45) is 3.90. The number of hydrogen-bond acceptors (Lipinski definition) is 5. The molecule has 0 radical (unpaired) electrons. The minimum Gasteiger partial charge on any atom is -0.490 e. The Hall–Kier alpha value is -3.55. The fourth-order valence-corrected chi connectivity index (χ4v) is 4.50. The Bertz CT molecular complexity index is 1110. The zero-order valence-electron chi connectivity index (χ0n) is 17.9. The van der Waals surface area contributed by atoms with Crippen molar-refractivity contribution in [1.29, 1.82) is 0 Å². The van der Waals surface area contributed by atoms with Crippen LogP contribution in [0.15, 0.2) is 36.4 Å². The summed E-state index contributed by atoms with van der Waals surface area (Å²) in [5.74, 6) is 0.273. The molecule has 0 unspecified atom stereocenters. The minimum atomic E-state index is -1.19. The lowest BCUT2D eigenvalue weighted by Crippen LogP contribution is -2.42. The smallest absolute Gasteiger partial charge is 0.325 e. The lowest BCUT2D eigenvalue weighted by molar-refractivity contribution is -0.133. The van der Waals surface area contributed by atoms with Crippen LogP contribution in [0.3, 0.4) is 0 Å². The summed E-state index contributed by atoms with van der Waals surface area (Å²) >= 11 is 0. The number of ether oxygens (including phenoxy) is 2. The molecule has 32 heavy (non-hydrogen) atoms. The predicted octanol–water partition coefficient (Wildman–Crippen LogP) is 2.74.